The van der Waals surface area contributed by atoms with Gasteiger partial charge in [0.2, 0.25) is 5.91 Å². The van der Waals surface area contributed by atoms with Crippen molar-refractivity contribution in [2.45, 2.75) is 20.4 Å². The summed E-state index contributed by atoms with van der Waals surface area (Å²) in [5.41, 5.74) is 3.95. The highest BCUT2D eigenvalue weighted by Crippen LogP contribution is 2.27. The Labute approximate surface area is 161 Å². The van der Waals surface area contributed by atoms with Gasteiger partial charge in [-0.3, -0.25) is 9.69 Å². The lowest BCUT2D eigenvalue weighted by Gasteiger charge is -2.18. The number of methoxy groups -OCH3 is 1. The fourth-order valence-corrected chi connectivity index (χ4v) is 4.08. The van der Waals surface area contributed by atoms with Crippen molar-refractivity contribution in [2.75, 3.05) is 26.0 Å². The van der Waals surface area contributed by atoms with E-state index in [0.717, 1.165) is 22.4 Å². The molecule has 27 heavy (non-hydrogen) atoms. The Bertz CT molecular complexity index is 964. The maximum atomic E-state index is 13.3. The van der Waals surface area contributed by atoms with Gasteiger partial charge in [-0.2, -0.15) is 0 Å². The molecular weight excluding hydrogens is 365 g/mol. The number of fused-ring (bicyclic) bond motifs is 1. The number of hydrogen-bond donors (Lipinski definition) is 1. The summed E-state index contributed by atoms with van der Waals surface area (Å²) in [6.07, 6.45) is 0. The van der Waals surface area contributed by atoms with Crippen LogP contribution < -0.4 is 10.1 Å². The van der Waals surface area contributed by atoms with Crippen molar-refractivity contribution in [2.24, 2.45) is 0 Å². The van der Waals surface area contributed by atoms with Gasteiger partial charge in [0, 0.05) is 6.54 Å². The van der Waals surface area contributed by atoms with Crippen molar-refractivity contribution in [1.29, 1.82) is 0 Å². The smallest absolute Gasteiger partial charge is 0.240 e. The molecule has 0 aliphatic heterocycles. The zero-order valence-corrected chi connectivity index (χ0v) is 16.6. The van der Waals surface area contributed by atoms with E-state index in [9.17, 15) is 9.18 Å². The highest BCUT2D eigenvalue weighted by Gasteiger charge is 2.12. The monoisotopic (exact) mass is 387 g/mol. The van der Waals surface area contributed by atoms with E-state index in [1.807, 2.05) is 25.8 Å². The van der Waals surface area contributed by atoms with Crippen LogP contribution in [-0.2, 0) is 11.3 Å². The molecule has 1 N–H and O–H groups in total. The summed E-state index contributed by atoms with van der Waals surface area (Å²) >= 11 is 1.26. The van der Waals surface area contributed by atoms with Gasteiger partial charge in [-0.25, -0.2) is 9.37 Å². The van der Waals surface area contributed by atoms with Crippen LogP contribution in [0.5, 0.6) is 5.75 Å². The van der Waals surface area contributed by atoms with Gasteiger partial charge >= 0.3 is 0 Å². The largest absolute Gasteiger partial charge is 0.496 e. The lowest BCUT2D eigenvalue weighted by molar-refractivity contribution is -0.117. The number of nitrogens with zero attached hydrogens (tertiary/aromatic N) is 2. The van der Waals surface area contributed by atoms with E-state index in [1.54, 1.807) is 13.2 Å². The van der Waals surface area contributed by atoms with E-state index < -0.39 is 0 Å². The van der Waals surface area contributed by atoms with Crippen molar-refractivity contribution in [3.05, 3.63) is 52.8 Å². The van der Waals surface area contributed by atoms with Crippen molar-refractivity contribution in [3.63, 3.8) is 0 Å². The molecule has 0 saturated heterocycles. The summed E-state index contributed by atoms with van der Waals surface area (Å²) in [5, 5.41) is 3.27. The third-order valence-corrected chi connectivity index (χ3v) is 5.12. The zero-order chi connectivity index (χ0) is 19.6. The molecular formula is C20H22FN3O2S. The minimum atomic E-state index is -0.311. The van der Waals surface area contributed by atoms with Gasteiger partial charge in [0.15, 0.2) is 5.13 Å². The zero-order valence-electron chi connectivity index (χ0n) is 15.8. The molecule has 0 unspecified atom stereocenters. The predicted molar refractivity (Wildman–Crippen MR) is 107 cm³/mol. The SMILES string of the molecule is COc1c(C)cc(CN(C)CC(=O)Nc2nc3ccc(F)cc3s2)cc1C. The minimum absolute atomic E-state index is 0.154. The minimum Gasteiger partial charge on any atom is -0.496 e. The van der Waals surface area contributed by atoms with Gasteiger partial charge in [0.05, 0.1) is 23.9 Å². The molecule has 3 rings (SSSR count). The van der Waals surface area contributed by atoms with E-state index in [-0.39, 0.29) is 18.3 Å². The number of aryl methyl sites for hydroxylation is 2. The molecule has 2 aromatic carbocycles. The van der Waals surface area contributed by atoms with Crippen LogP contribution in [0, 0.1) is 19.7 Å². The fraction of sp³-hybridized carbons (Fsp3) is 0.300. The highest BCUT2D eigenvalue weighted by atomic mass is 32.1. The van der Waals surface area contributed by atoms with E-state index in [4.69, 9.17) is 4.74 Å². The van der Waals surface area contributed by atoms with Crippen LogP contribution in [0.2, 0.25) is 0 Å². The van der Waals surface area contributed by atoms with Crippen LogP contribution in [0.15, 0.2) is 30.3 Å². The lowest BCUT2D eigenvalue weighted by atomic mass is 10.1. The normalized spacial score (nSPS) is 11.2. The van der Waals surface area contributed by atoms with E-state index in [1.165, 1.54) is 23.5 Å². The number of carbonyl (C=O) groups excluding carboxylic acids is 1. The Morgan fingerprint density at radius 2 is 1.96 bits per heavy atom. The average molecular weight is 387 g/mol. The summed E-state index contributed by atoms with van der Waals surface area (Å²) in [6.45, 7) is 4.90. The van der Waals surface area contributed by atoms with Gasteiger partial charge in [0.25, 0.3) is 0 Å². The molecule has 0 radical (unpaired) electrons. The van der Waals surface area contributed by atoms with E-state index >= 15 is 0 Å². The molecule has 3 aromatic rings. The number of carbonyl (C=O) groups is 1. The van der Waals surface area contributed by atoms with Crippen LogP contribution in [-0.4, -0.2) is 36.5 Å². The van der Waals surface area contributed by atoms with Crippen LogP contribution in [0.1, 0.15) is 16.7 Å². The second kappa shape index (κ2) is 8.02. The van der Waals surface area contributed by atoms with E-state index in [2.05, 4.69) is 22.4 Å². The number of thiazole rings is 1. The Kier molecular flexibility index (Phi) is 5.72. The number of likely N-dealkylation sites (N-methyl/N-ethyl adjacent to an activating group) is 1. The fourth-order valence-electron chi connectivity index (χ4n) is 3.18. The van der Waals surface area contributed by atoms with Gasteiger partial charge < -0.3 is 10.1 Å². The predicted octanol–water partition coefficient (Wildman–Crippen LogP) is 4.13. The molecule has 1 heterocycles. The second-order valence-electron chi connectivity index (χ2n) is 6.61. The molecule has 0 atom stereocenters. The lowest BCUT2D eigenvalue weighted by Crippen LogP contribution is -2.29. The van der Waals surface area contributed by atoms with Gasteiger partial charge in [-0.15, -0.1) is 0 Å². The number of anilines is 1. The van der Waals surface area contributed by atoms with Crippen LogP contribution in [0.4, 0.5) is 9.52 Å². The topological polar surface area (TPSA) is 54.5 Å². The molecule has 1 amide bonds. The average Bonchev–Trinajstić information content (AvgIpc) is 2.95. The number of aromatic nitrogens is 1. The second-order valence-corrected chi connectivity index (χ2v) is 7.65. The Morgan fingerprint density at radius 1 is 1.26 bits per heavy atom. The van der Waals surface area contributed by atoms with E-state index in [0.29, 0.717) is 21.9 Å². The number of nitrogens with one attached hydrogen (secondary N) is 1. The van der Waals surface area contributed by atoms with Crippen LogP contribution in [0.25, 0.3) is 10.2 Å². The van der Waals surface area contributed by atoms with Gasteiger partial charge in [-0.05, 0) is 55.8 Å². The van der Waals surface area contributed by atoms with Gasteiger partial charge in [-0.1, -0.05) is 23.5 Å². The molecule has 142 valence electrons. The molecule has 0 spiro atoms. The summed E-state index contributed by atoms with van der Waals surface area (Å²) in [6, 6.07) is 8.53. The first-order chi connectivity index (χ1) is 12.9. The molecule has 5 nitrogen and oxygen atoms in total. The van der Waals surface area contributed by atoms with Crippen LogP contribution >= 0.6 is 11.3 Å². The van der Waals surface area contributed by atoms with Crippen molar-refractivity contribution >= 4 is 32.6 Å². The highest BCUT2D eigenvalue weighted by molar-refractivity contribution is 7.22. The number of rotatable bonds is 6. The number of halogens is 1. The summed E-state index contributed by atoms with van der Waals surface area (Å²) in [4.78, 5) is 18.6. The van der Waals surface area contributed by atoms with Crippen molar-refractivity contribution in [3.8, 4) is 5.75 Å². The number of ether oxygens (including phenoxy) is 1. The molecule has 1 aromatic heterocycles. The first-order valence-corrected chi connectivity index (χ1v) is 9.36. The Hall–Kier alpha value is -2.51. The maximum absolute atomic E-state index is 13.3. The standard InChI is InChI=1S/C20H22FN3O2S/c1-12-7-14(8-13(2)19(12)26-4)10-24(3)11-18(25)23-20-22-16-6-5-15(21)9-17(16)27-20/h5-9H,10-11H2,1-4H3,(H,22,23,25). The third-order valence-electron chi connectivity index (χ3n) is 4.19. The molecule has 0 saturated carbocycles. The first kappa shape index (κ1) is 19.3. The van der Waals surface area contributed by atoms with Crippen molar-refractivity contribution < 1.29 is 13.9 Å². The first-order valence-electron chi connectivity index (χ1n) is 8.54. The van der Waals surface area contributed by atoms with Crippen molar-refractivity contribution in [1.82, 2.24) is 9.88 Å². The van der Waals surface area contributed by atoms with Crippen LogP contribution in [0.3, 0.4) is 0 Å². The summed E-state index contributed by atoms with van der Waals surface area (Å²) in [5.74, 6) is 0.430. The molecule has 7 heteroatoms. The molecule has 0 fully saturated rings. The molecule has 0 aliphatic rings. The Morgan fingerprint density at radius 3 is 2.63 bits per heavy atom. The summed E-state index contributed by atoms with van der Waals surface area (Å²) < 4.78 is 19.4. The Balaban J connectivity index is 1.61. The maximum Gasteiger partial charge on any atom is 0.240 e. The molecule has 0 aliphatic carbocycles. The number of amides is 1. The number of benzene rings is 2. The third kappa shape index (κ3) is 4.61. The molecule has 0 bridgehead atoms. The summed E-state index contributed by atoms with van der Waals surface area (Å²) in [7, 11) is 3.56. The van der Waals surface area contributed by atoms with Gasteiger partial charge in [0.1, 0.15) is 11.6 Å². The number of hydrogen-bond acceptors (Lipinski definition) is 5. The quantitative estimate of drug-likeness (QED) is 0.691.